The molecule has 0 unspecified atom stereocenters. The first-order valence-electron chi connectivity index (χ1n) is 39.0. The topological polar surface area (TPSA) is 386 Å². The van der Waals surface area contributed by atoms with E-state index in [2.05, 4.69) is 198 Å². The summed E-state index contributed by atoms with van der Waals surface area (Å²) < 4.78 is 170. The van der Waals surface area contributed by atoms with Crippen LogP contribution in [0.5, 0.6) is 0 Å². The average Bonchev–Trinajstić information content (AvgIpc) is 1.60. The van der Waals surface area contributed by atoms with Gasteiger partial charge in [-0.1, -0.05) is 95.4 Å². The number of halogens is 15. The van der Waals surface area contributed by atoms with Gasteiger partial charge in [0.2, 0.25) is 11.8 Å². The number of nitrogens with zero attached hydrogens (tertiary/aromatic N) is 17. The second-order valence-corrected chi connectivity index (χ2v) is 38.3. The quantitative estimate of drug-likeness (QED) is 0.0517. The highest BCUT2D eigenvalue weighted by atomic mass is 79.9. The normalized spacial score (nSPS) is 17.2. The number of amidine groups is 1. The van der Waals surface area contributed by atoms with Gasteiger partial charge in [0.15, 0.2) is 57.7 Å². The molecule has 9 aromatic heterocycles. The lowest BCUT2D eigenvalue weighted by molar-refractivity contribution is -0.144. The number of likely N-dealkylation sites (tertiary alicyclic amines) is 1. The number of nitrogens with two attached hydrogens (primary N) is 3. The number of rotatable bonds is 8. The molecule has 47 heteroatoms. The zero-order valence-corrected chi connectivity index (χ0v) is 75.9. The molecule has 10 N–H and O–H groups in total. The van der Waals surface area contributed by atoms with Gasteiger partial charge in [-0.25, -0.2) is 68.8 Å². The first-order chi connectivity index (χ1) is 61.1. The fourth-order valence-corrected chi connectivity index (χ4v) is 19.4. The third-order valence-corrected chi connectivity index (χ3v) is 26.5. The molecule has 27 nitrogen and oxygen atoms in total. The van der Waals surface area contributed by atoms with Gasteiger partial charge in [0.05, 0.1) is 94.8 Å². The fraction of sp³-hybridized carbons (Fsp3) is 0.317. The van der Waals surface area contributed by atoms with Crippen molar-refractivity contribution in [3.63, 3.8) is 0 Å². The molecule has 6 aliphatic heterocycles. The van der Waals surface area contributed by atoms with E-state index in [9.17, 15) is 66.5 Å². The van der Waals surface area contributed by atoms with Gasteiger partial charge in [0.1, 0.15) is 35.3 Å². The van der Waals surface area contributed by atoms with Gasteiger partial charge >= 0.3 is 24.7 Å². The summed E-state index contributed by atoms with van der Waals surface area (Å²) in [6, 6.07) is 28.5. The molecule has 2 spiro atoms. The summed E-state index contributed by atoms with van der Waals surface area (Å²) in [6.07, 6.45) is 1.35. The molecule has 129 heavy (non-hydrogen) atoms. The van der Waals surface area contributed by atoms with Crippen molar-refractivity contribution in [1.82, 2.24) is 84.7 Å². The van der Waals surface area contributed by atoms with E-state index >= 15 is 0 Å². The Bertz CT molecular complexity index is 6060. The molecule has 2 aliphatic carbocycles. The highest BCUT2D eigenvalue weighted by molar-refractivity contribution is 9.10. The Hall–Kier alpha value is -10.0. The molecule has 2 aromatic carbocycles. The molecule has 676 valence electrons. The van der Waals surface area contributed by atoms with Crippen LogP contribution in [0.15, 0.2) is 207 Å². The van der Waals surface area contributed by atoms with E-state index in [1.165, 1.54) is 95.6 Å². The summed E-state index contributed by atoms with van der Waals surface area (Å²) in [7, 11) is -1.03. The Morgan fingerprint density at radius 1 is 0.504 bits per heavy atom. The Morgan fingerprint density at radius 3 is 1.43 bits per heavy atom. The lowest BCUT2D eigenvalue weighted by atomic mass is 9.73. The van der Waals surface area contributed by atoms with E-state index in [4.69, 9.17) is 28.8 Å². The number of aliphatic imine (C=N–C) groups is 2. The van der Waals surface area contributed by atoms with Crippen molar-refractivity contribution in [3.05, 3.63) is 230 Å². The van der Waals surface area contributed by atoms with E-state index in [1.807, 2.05) is 20.8 Å². The number of nitrogens with one attached hydrogen (secondary N) is 4. The monoisotopic (exact) mass is 2020 g/mol. The number of hydrogen-bond donors (Lipinski definition) is 8. The second-order valence-electron chi connectivity index (χ2n) is 30.6. The van der Waals surface area contributed by atoms with Gasteiger partial charge in [0.25, 0.3) is 0 Å². The van der Waals surface area contributed by atoms with Gasteiger partial charge in [-0.3, -0.25) is 29.5 Å². The zero-order valence-electron chi connectivity index (χ0n) is 67.8. The molecule has 11 aromatic rings. The number of thiol groups is 1. The van der Waals surface area contributed by atoms with E-state index in [0.717, 1.165) is 131 Å². The van der Waals surface area contributed by atoms with Gasteiger partial charge in [-0.2, -0.15) is 52.7 Å². The van der Waals surface area contributed by atoms with Crippen molar-refractivity contribution in [2.45, 2.75) is 161 Å². The molecular formula is C82H75Br2ClF12N24O3S5. The van der Waals surface area contributed by atoms with Crippen molar-refractivity contribution in [2.75, 3.05) is 48.3 Å². The molecule has 2 fully saturated rings. The second kappa shape index (κ2) is 40.8. The first kappa shape index (κ1) is 96.5. The first-order valence-corrected chi connectivity index (χ1v) is 45.0. The third kappa shape index (κ3) is 24.4. The molecule has 2 amide bonds. The molecule has 0 radical (unpaired) electrons. The smallest absolute Gasteiger partial charge is 0.381 e. The Morgan fingerprint density at radius 2 is 0.938 bits per heavy atom. The van der Waals surface area contributed by atoms with E-state index in [0.29, 0.717) is 89.7 Å². The molecule has 2 saturated heterocycles. The summed E-state index contributed by atoms with van der Waals surface area (Å²) in [5.41, 5.74) is 21.6. The lowest BCUT2D eigenvalue weighted by Crippen LogP contribution is -2.46. The molecule has 19 rings (SSSR count). The Kier molecular flexibility index (Phi) is 30.5. The van der Waals surface area contributed by atoms with Crippen LogP contribution in [0.1, 0.15) is 126 Å². The predicted molar refractivity (Wildman–Crippen MR) is 472 cm³/mol. The number of benzene rings is 2. The molecule has 0 bridgehead atoms. The SMILES string of the molecule is CC(C)(C)[S@@](=O)N[C@@H]1c2ccccc2CC12CCNCC2.FC(F)(F)c1ncccc1S.FC(F)(F)c1ncccc1Sc1cnc2c(n1)CC(Cl)=N2.N[C@@H]1c2ccccc2CC12CCN(C1=Nc3ncc(Sc4cccnc4C(F)(F)F)nc3C1)CC2.Nc1ncc(Br)nc1N.O=C1Cc2nc(Br)cnc2N1.O=C1Cc2nc(Sc3cccnc3C(F)(F)F)cnc2N1. The van der Waals surface area contributed by atoms with Crippen LogP contribution < -0.4 is 37.9 Å². The van der Waals surface area contributed by atoms with Crippen LogP contribution in [-0.2, 0) is 83.8 Å². The maximum absolute atomic E-state index is 13.3. The maximum Gasteiger partial charge on any atom is 0.434 e. The highest BCUT2D eigenvalue weighted by Gasteiger charge is 2.49. The van der Waals surface area contributed by atoms with Crippen LogP contribution in [0.3, 0.4) is 0 Å². The van der Waals surface area contributed by atoms with E-state index < -0.39 is 58.5 Å². The van der Waals surface area contributed by atoms with Crippen LogP contribution in [0.2, 0.25) is 0 Å². The highest BCUT2D eigenvalue weighted by Crippen LogP contribution is 2.54. The molecular weight excluding hydrogens is 1950 g/mol. The van der Waals surface area contributed by atoms with Gasteiger partial charge < -0.3 is 38.1 Å². The van der Waals surface area contributed by atoms with Gasteiger partial charge in [-0.05, 0) is 186 Å². The molecule has 15 heterocycles. The summed E-state index contributed by atoms with van der Waals surface area (Å²) in [5, 5.41) is 9.95. The minimum Gasteiger partial charge on any atom is -0.381 e. The predicted octanol–water partition coefficient (Wildman–Crippen LogP) is 17.6. The minimum atomic E-state index is -4.54. The maximum atomic E-state index is 13.3. The summed E-state index contributed by atoms with van der Waals surface area (Å²) >= 11 is 18.2. The summed E-state index contributed by atoms with van der Waals surface area (Å²) in [4.78, 5) is 87.0. The number of carbonyl (C=O) groups excluding carboxylic acids is 2. The van der Waals surface area contributed by atoms with Crippen LogP contribution in [0.25, 0.3) is 0 Å². The zero-order chi connectivity index (χ0) is 92.5. The minimum absolute atomic E-state index is 0.00335. The van der Waals surface area contributed by atoms with Crippen molar-refractivity contribution in [3.8, 4) is 0 Å². The van der Waals surface area contributed by atoms with Crippen molar-refractivity contribution >= 4 is 160 Å². The van der Waals surface area contributed by atoms with Gasteiger partial charge in [-0.15, -0.1) is 12.6 Å². The largest absolute Gasteiger partial charge is 0.434 e. The molecule has 8 aliphatic rings. The van der Waals surface area contributed by atoms with Crippen LogP contribution in [-0.4, -0.2) is 133 Å². The van der Waals surface area contributed by atoms with E-state index in [1.54, 1.807) is 6.20 Å². The molecule has 0 saturated carbocycles. The van der Waals surface area contributed by atoms with Crippen molar-refractivity contribution in [1.29, 1.82) is 0 Å². The summed E-state index contributed by atoms with van der Waals surface area (Å²) in [5.74, 6) is 3.04. The number of carbonyl (C=O) groups is 2. The van der Waals surface area contributed by atoms with Crippen molar-refractivity contribution in [2.24, 2.45) is 26.5 Å². The molecule has 3 atom stereocenters. The summed E-state index contributed by atoms with van der Waals surface area (Å²) in [6.45, 7) is 9.95. The van der Waals surface area contributed by atoms with Crippen LogP contribution >= 0.6 is 91.4 Å². The number of nitrogen functional groups attached to an aromatic ring is 2. The van der Waals surface area contributed by atoms with Crippen LogP contribution in [0, 0.1) is 10.8 Å². The standard InChI is InChI=1S/C25H23F3N6S.C17H26N2OS.C12H6ClF3N4S.C12H7F3N4OS.C6H4BrN3O.C6H4F3NS.C4H5BrN4/c26-25(27,28)22-18(6-3-9-30-22)35-20-14-31-23-17(32-20)12-19(33-23)34-10-7-24(8-11-34)13-15-4-1-2-5-16(15)21(24)29;1-16(2,3)21(20)19-15-14-7-5-4-6-13(14)12-17(15)8-10-18-11-9-17;13-8-4-6-11(20-8)18-5-9(19-6)21-7-2-1-3-17-10(7)12(14,15)16;13-12(14,15)10-7(2-1-3-16-10)21-9-5-17-11-6(18-9)4-8(20)19-11;7-4-2-8-6-3(9-4)1-5(11)10-6;7-6(8,9)5-4(11)2-1-3-10-5;5-2-1-8-3(6)4(7)9-2/h1-6,9,14,21H,7-8,10-13,29H2;4-7,15,18-19H,8-12H2,1-3H3;1-3,5H,4H2;1-3,5H,4H2,(H,17,19,20);2H,1H2,(H,8,10,11);1-3,11H;1H,(H2,6,8)(H2,7,9)/t21-;15-,21-;;;;;/m11...../s1. The third-order valence-electron chi connectivity index (χ3n) is 20.7. The van der Waals surface area contributed by atoms with Crippen LogP contribution in [0.4, 0.5) is 87.6 Å². The van der Waals surface area contributed by atoms with Crippen molar-refractivity contribution < 1.29 is 66.5 Å². The average molecular weight is 2030 g/mol. The Balaban J connectivity index is 0.000000134. The number of alkyl halides is 12. The van der Waals surface area contributed by atoms with Gasteiger partial charge in [0, 0.05) is 69.9 Å². The number of fused-ring (bicyclic) bond motifs is 6. The lowest BCUT2D eigenvalue weighted by Gasteiger charge is -2.43. The Labute approximate surface area is 771 Å². The van der Waals surface area contributed by atoms with E-state index in [-0.39, 0.29) is 82.1 Å². The number of hydrogen-bond acceptors (Lipinski definition) is 28. The fourth-order valence-electron chi connectivity index (χ4n) is 14.7. The number of aromatic nitrogens is 14. The number of pyridine rings is 4. The number of piperidine rings is 2. The number of anilines is 4. The number of amides is 2.